The summed E-state index contributed by atoms with van der Waals surface area (Å²) in [5, 5.41) is 8.64. The van der Waals surface area contributed by atoms with E-state index in [0.717, 1.165) is 24.2 Å². The summed E-state index contributed by atoms with van der Waals surface area (Å²) in [7, 11) is 1.68. The molecule has 1 N–H and O–H groups in total. The van der Waals surface area contributed by atoms with Gasteiger partial charge in [-0.25, -0.2) is 0 Å². The van der Waals surface area contributed by atoms with Crippen LogP contribution in [0.4, 0.5) is 0 Å². The molecular formula is C10H15IO3. The molecule has 0 spiro atoms. The third-order valence-corrected chi connectivity index (χ3v) is 3.03. The molecule has 0 aromatic carbocycles. The van der Waals surface area contributed by atoms with E-state index in [1.165, 1.54) is 0 Å². The van der Waals surface area contributed by atoms with E-state index in [1.54, 1.807) is 7.11 Å². The van der Waals surface area contributed by atoms with Gasteiger partial charge >= 0.3 is 0 Å². The monoisotopic (exact) mass is 310 g/mol. The normalized spacial score (nSPS) is 18.5. The van der Waals surface area contributed by atoms with E-state index in [4.69, 9.17) is 14.6 Å². The van der Waals surface area contributed by atoms with Gasteiger partial charge in [0.15, 0.2) is 0 Å². The molecule has 80 valence electrons. The number of ether oxygens (including phenoxy) is 2. The summed E-state index contributed by atoms with van der Waals surface area (Å²) in [4.78, 5) is 0. The lowest BCUT2D eigenvalue weighted by atomic mass is 10.1. The number of rotatable bonds is 5. The van der Waals surface area contributed by atoms with Gasteiger partial charge < -0.3 is 14.6 Å². The summed E-state index contributed by atoms with van der Waals surface area (Å²) in [5.41, 5.74) is 1.08. The van der Waals surface area contributed by atoms with Gasteiger partial charge in [0.2, 0.25) is 0 Å². The largest absolute Gasteiger partial charge is 0.501 e. The molecule has 1 rings (SSSR count). The van der Waals surface area contributed by atoms with Crippen LogP contribution in [0.25, 0.3) is 0 Å². The topological polar surface area (TPSA) is 38.7 Å². The molecule has 0 aromatic heterocycles. The van der Waals surface area contributed by atoms with Crippen molar-refractivity contribution in [1.29, 1.82) is 0 Å². The van der Waals surface area contributed by atoms with Crippen LogP contribution in [0.1, 0.15) is 12.8 Å². The lowest BCUT2D eigenvalue weighted by molar-refractivity contribution is 0.0967. The Morgan fingerprint density at radius 1 is 1.64 bits per heavy atom. The highest BCUT2D eigenvalue weighted by atomic mass is 127. The average Bonchev–Trinajstić information content (AvgIpc) is 2.25. The van der Waals surface area contributed by atoms with Gasteiger partial charge in [-0.1, -0.05) is 12.2 Å². The quantitative estimate of drug-likeness (QED) is 0.624. The maximum absolute atomic E-state index is 8.64. The second-order valence-electron chi connectivity index (χ2n) is 2.93. The molecule has 0 amide bonds. The Labute approximate surface area is 97.9 Å². The van der Waals surface area contributed by atoms with Gasteiger partial charge in [0.05, 0.1) is 20.3 Å². The molecule has 1 unspecified atom stereocenters. The van der Waals surface area contributed by atoms with Crippen molar-refractivity contribution in [3.05, 3.63) is 23.5 Å². The van der Waals surface area contributed by atoms with Crippen molar-refractivity contribution in [2.75, 3.05) is 20.3 Å². The summed E-state index contributed by atoms with van der Waals surface area (Å²) in [5.74, 6) is 0.991. The molecule has 4 heteroatoms. The van der Waals surface area contributed by atoms with Gasteiger partial charge in [0.25, 0.3) is 0 Å². The number of alkyl halides is 1. The molecule has 0 aliphatic heterocycles. The van der Waals surface area contributed by atoms with Crippen molar-refractivity contribution in [1.82, 2.24) is 0 Å². The van der Waals surface area contributed by atoms with Crippen LogP contribution in [-0.2, 0) is 9.47 Å². The highest BCUT2D eigenvalue weighted by Crippen LogP contribution is 2.26. The number of aliphatic hydroxyl groups is 1. The van der Waals surface area contributed by atoms with E-state index in [0.29, 0.717) is 6.61 Å². The van der Waals surface area contributed by atoms with E-state index in [9.17, 15) is 0 Å². The fourth-order valence-corrected chi connectivity index (χ4v) is 2.14. The average molecular weight is 310 g/mol. The minimum Gasteiger partial charge on any atom is -0.501 e. The molecule has 0 radical (unpaired) electrons. The van der Waals surface area contributed by atoms with Crippen LogP contribution in [-0.4, -0.2) is 29.5 Å². The van der Waals surface area contributed by atoms with Crippen LogP contribution in [0.5, 0.6) is 0 Å². The fourth-order valence-electron chi connectivity index (χ4n) is 1.33. The highest BCUT2D eigenvalue weighted by molar-refractivity contribution is 14.1. The van der Waals surface area contributed by atoms with E-state index < -0.39 is 0 Å². The molecule has 14 heavy (non-hydrogen) atoms. The maximum Gasteiger partial charge on any atom is 0.137 e. The molecule has 1 aliphatic rings. The molecule has 0 bridgehead atoms. The summed E-state index contributed by atoms with van der Waals surface area (Å²) >= 11 is 2.20. The Morgan fingerprint density at radius 2 is 2.43 bits per heavy atom. The van der Waals surface area contributed by atoms with Crippen LogP contribution in [0, 0.1) is 0 Å². The number of hydrogen-bond donors (Lipinski definition) is 1. The Bertz CT molecular complexity index is 236. The zero-order valence-corrected chi connectivity index (χ0v) is 10.4. The summed E-state index contributed by atoms with van der Waals surface area (Å²) < 4.78 is 10.7. The lowest BCUT2D eigenvalue weighted by Crippen LogP contribution is -2.13. The van der Waals surface area contributed by atoms with Crippen molar-refractivity contribution in [2.45, 2.75) is 17.0 Å². The predicted octanol–water partition coefficient (Wildman–Crippen LogP) is 2.01. The number of halogens is 1. The zero-order valence-electron chi connectivity index (χ0n) is 8.20. The van der Waals surface area contributed by atoms with Gasteiger partial charge in [-0.3, -0.25) is 0 Å². The lowest BCUT2D eigenvalue weighted by Gasteiger charge is -2.19. The first-order valence-corrected chi connectivity index (χ1v) is 5.84. The predicted molar refractivity (Wildman–Crippen MR) is 63.3 cm³/mol. The standard InChI is InChI=1S/C10H15IO3/c1-13-9-5-3-2-4-8(9)10(11)14-7-6-12/h2,4,10,12H,3,5-7H2,1H3. The SMILES string of the molecule is COC1=C(C(I)OCCO)C=CCC1. The van der Waals surface area contributed by atoms with Gasteiger partial charge in [-0.05, 0) is 29.0 Å². The van der Waals surface area contributed by atoms with Crippen LogP contribution in [0.2, 0.25) is 0 Å². The third-order valence-electron chi connectivity index (χ3n) is 2.00. The van der Waals surface area contributed by atoms with Gasteiger partial charge in [-0.2, -0.15) is 0 Å². The fraction of sp³-hybridized carbons (Fsp3) is 0.600. The maximum atomic E-state index is 8.64. The van der Waals surface area contributed by atoms with Crippen molar-refractivity contribution in [3.63, 3.8) is 0 Å². The molecule has 0 aromatic rings. The van der Waals surface area contributed by atoms with Gasteiger partial charge in [-0.15, -0.1) is 0 Å². The Kier molecular flexibility index (Phi) is 5.50. The van der Waals surface area contributed by atoms with Crippen LogP contribution < -0.4 is 0 Å². The number of aliphatic hydroxyl groups excluding tert-OH is 1. The minimum atomic E-state index is -0.0359. The number of hydrogen-bond acceptors (Lipinski definition) is 3. The van der Waals surface area contributed by atoms with Crippen molar-refractivity contribution in [2.24, 2.45) is 0 Å². The van der Waals surface area contributed by atoms with Crippen molar-refractivity contribution < 1.29 is 14.6 Å². The van der Waals surface area contributed by atoms with E-state index >= 15 is 0 Å². The Hall–Kier alpha value is -0.0700. The first kappa shape index (κ1) is 12.0. The molecule has 1 aliphatic carbocycles. The summed E-state index contributed by atoms with van der Waals surface area (Å²) in [6.45, 7) is 0.417. The second kappa shape index (κ2) is 6.42. The molecule has 1 atom stereocenters. The van der Waals surface area contributed by atoms with Crippen molar-refractivity contribution >= 4 is 22.6 Å². The Morgan fingerprint density at radius 3 is 3.07 bits per heavy atom. The number of allylic oxidation sites excluding steroid dienone is 2. The molecular weight excluding hydrogens is 295 g/mol. The second-order valence-corrected chi connectivity index (χ2v) is 4.07. The van der Waals surface area contributed by atoms with Crippen molar-refractivity contribution in [3.8, 4) is 0 Å². The minimum absolute atomic E-state index is 0.0359. The van der Waals surface area contributed by atoms with Gasteiger partial charge in [0.1, 0.15) is 9.87 Å². The van der Waals surface area contributed by atoms with E-state index in [-0.39, 0.29) is 10.7 Å². The van der Waals surface area contributed by atoms with Crippen LogP contribution >= 0.6 is 22.6 Å². The van der Waals surface area contributed by atoms with Crippen LogP contribution in [0.3, 0.4) is 0 Å². The first-order chi connectivity index (χ1) is 6.79. The first-order valence-electron chi connectivity index (χ1n) is 4.59. The van der Waals surface area contributed by atoms with E-state index in [1.807, 2.05) is 6.08 Å². The molecule has 3 nitrogen and oxygen atoms in total. The molecule has 0 saturated carbocycles. The smallest absolute Gasteiger partial charge is 0.137 e. The summed E-state index contributed by atoms with van der Waals surface area (Å²) in [6.07, 6.45) is 6.11. The summed E-state index contributed by atoms with van der Waals surface area (Å²) in [6, 6.07) is 0. The highest BCUT2D eigenvalue weighted by Gasteiger charge is 2.16. The molecule has 0 heterocycles. The molecule has 0 fully saturated rings. The zero-order chi connectivity index (χ0) is 10.4. The van der Waals surface area contributed by atoms with E-state index in [2.05, 4.69) is 28.7 Å². The third kappa shape index (κ3) is 3.25. The van der Waals surface area contributed by atoms with Gasteiger partial charge in [0, 0.05) is 12.0 Å². The number of methoxy groups -OCH3 is 1. The Balaban J connectivity index is 2.62. The van der Waals surface area contributed by atoms with Crippen LogP contribution in [0.15, 0.2) is 23.5 Å². The molecule has 0 saturated heterocycles.